The molecule has 0 aliphatic carbocycles. The Balaban J connectivity index is 1.75. The maximum atomic E-state index is 13.5. The molecular formula is C20H24FN3O4. The van der Waals surface area contributed by atoms with Gasteiger partial charge in [-0.3, -0.25) is 4.79 Å². The second-order valence-corrected chi connectivity index (χ2v) is 5.90. The molecular weight excluding hydrogens is 365 g/mol. The minimum absolute atomic E-state index is 0.0652. The van der Waals surface area contributed by atoms with Crippen LogP contribution in [0.25, 0.3) is 0 Å². The van der Waals surface area contributed by atoms with E-state index >= 15 is 0 Å². The number of rotatable bonds is 9. The Morgan fingerprint density at radius 1 is 1.07 bits per heavy atom. The van der Waals surface area contributed by atoms with E-state index in [1.54, 1.807) is 43.4 Å². The monoisotopic (exact) mass is 389 g/mol. The van der Waals surface area contributed by atoms with Gasteiger partial charge in [-0.2, -0.15) is 0 Å². The van der Waals surface area contributed by atoms with E-state index in [-0.39, 0.29) is 37.4 Å². The average Bonchev–Trinajstić information content (AvgIpc) is 2.69. The van der Waals surface area contributed by atoms with Gasteiger partial charge in [0.15, 0.2) is 18.2 Å². The van der Waals surface area contributed by atoms with Crippen LogP contribution in [0.15, 0.2) is 48.5 Å². The number of likely N-dealkylation sites (N-methyl/N-ethyl adjacent to an activating group) is 2. The molecule has 0 aliphatic heterocycles. The summed E-state index contributed by atoms with van der Waals surface area (Å²) < 4.78 is 24.2. The largest absolute Gasteiger partial charge is 0.489 e. The molecule has 150 valence electrons. The third-order valence-electron chi connectivity index (χ3n) is 3.72. The first-order valence-corrected chi connectivity index (χ1v) is 8.88. The first-order valence-electron chi connectivity index (χ1n) is 8.88. The fourth-order valence-electron chi connectivity index (χ4n) is 2.21. The highest BCUT2D eigenvalue weighted by Crippen LogP contribution is 2.17. The molecule has 28 heavy (non-hydrogen) atoms. The summed E-state index contributed by atoms with van der Waals surface area (Å²) in [6, 6.07) is 12.5. The first kappa shape index (κ1) is 21.0. The van der Waals surface area contributed by atoms with Gasteiger partial charge in [-0.05, 0) is 43.3 Å². The molecule has 2 rings (SSSR count). The predicted molar refractivity (Wildman–Crippen MR) is 104 cm³/mol. The summed E-state index contributed by atoms with van der Waals surface area (Å²) in [5, 5.41) is 5.38. The standard InChI is InChI=1S/C20H24FN3O4/c1-3-22-19(25)14-28-16-10-8-15(9-11-16)23-20(26)24(2)12-13-27-18-7-5-4-6-17(18)21/h4-11H,3,12-14H2,1-2H3,(H,22,25)(H,23,26). The SMILES string of the molecule is CCNC(=O)COc1ccc(NC(=O)N(C)CCOc2ccccc2F)cc1. The van der Waals surface area contributed by atoms with Crippen molar-refractivity contribution in [2.45, 2.75) is 6.92 Å². The van der Waals surface area contributed by atoms with Crippen LogP contribution in [0.1, 0.15) is 6.92 Å². The Hall–Kier alpha value is -3.29. The van der Waals surface area contributed by atoms with E-state index in [9.17, 15) is 14.0 Å². The topological polar surface area (TPSA) is 79.9 Å². The van der Waals surface area contributed by atoms with E-state index in [0.29, 0.717) is 18.0 Å². The Labute approximate surface area is 163 Å². The third-order valence-corrected chi connectivity index (χ3v) is 3.72. The molecule has 0 spiro atoms. The van der Waals surface area contributed by atoms with Crippen LogP contribution >= 0.6 is 0 Å². The highest BCUT2D eigenvalue weighted by molar-refractivity contribution is 5.89. The maximum Gasteiger partial charge on any atom is 0.321 e. The zero-order chi connectivity index (χ0) is 20.4. The summed E-state index contributed by atoms with van der Waals surface area (Å²) in [5.41, 5.74) is 0.581. The quantitative estimate of drug-likeness (QED) is 0.691. The highest BCUT2D eigenvalue weighted by atomic mass is 19.1. The Bertz CT molecular complexity index is 783. The van der Waals surface area contributed by atoms with Crippen molar-refractivity contribution in [2.75, 3.05) is 38.7 Å². The van der Waals surface area contributed by atoms with E-state index in [1.165, 1.54) is 17.0 Å². The number of carbonyl (C=O) groups is 2. The van der Waals surface area contributed by atoms with Crippen molar-refractivity contribution < 1.29 is 23.5 Å². The van der Waals surface area contributed by atoms with Gasteiger partial charge in [0.1, 0.15) is 12.4 Å². The van der Waals surface area contributed by atoms with Crippen molar-refractivity contribution in [3.63, 3.8) is 0 Å². The molecule has 0 heterocycles. The third kappa shape index (κ3) is 6.79. The molecule has 0 fully saturated rings. The molecule has 3 amide bonds. The number of anilines is 1. The number of carbonyl (C=O) groups excluding carboxylic acids is 2. The van der Waals surface area contributed by atoms with Gasteiger partial charge >= 0.3 is 6.03 Å². The summed E-state index contributed by atoms with van der Waals surface area (Å²) in [4.78, 5) is 25.0. The number of nitrogens with zero attached hydrogens (tertiary/aromatic N) is 1. The minimum atomic E-state index is -0.441. The first-order chi connectivity index (χ1) is 13.5. The second-order valence-electron chi connectivity index (χ2n) is 5.90. The molecule has 0 radical (unpaired) electrons. The summed E-state index contributed by atoms with van der Waals surface area (Å²) in [6.45, 7) is 2.76. The molecule has 2 N–H and O–H groups in total. The normalized spacial score (nSPS) is 10.1. The predicted octanol–water partition coefficient (Wildman–Crippen LogP) is 2.88. The van der Waals surface area contributed by atoms with Crippen LogP contribution in [0.5, 0.6) is 11.5 Å². The fraction of sp³-hybridized carbons (Fsp3) is 0.300. The van der Waals surface area contributed by atoms with E-state index < -0.39 is 5.82 Å². The molecule has 0 saturated heterocycles. The number of nitrogens with one attached hydrogen (secondary N) is 2. The fourth-order valence-corrected chi connectivity index (χ4v) is 2.21. The van der Waals surface area contributed by atoms with Crippen molar-refractivity contribution in [2.24, 2.45) is 0 Å². The van der Waals surface area contributed by atoms with Crippen LogP contribution in [0.2, 0.25) is 0 Å². The van der Waals surface area contributed by atoms with Crippen molar-refractivity contribution >= 4 is 17.6 Å². The van der Waals surface area contributed by atoms with Crippen LogP contribution in [0, 0.1) is 5.82 Å². The van der Waals surface area contributed by atoms with Crippen molar-refractivity contribution in [1.82, 2.24) is 10.2 Å². The molecule has 0 bridgehead atoms. The summed E-state index contributed by atoms with van der Waals surface area (Å²) in [7, 11) is 1.61. The molecule has 0 aliphatic rings. The number of hydrogen-bond donors (Lipinski definition) is 2. The van der Waals surface area contributed by atoms with Crippen LogP contribution in [0.3, 0.4) is 0 Å². The van der Waals surface area contributed by atoms with Gasteiger partial charge < -0.3 is 25.0 Å². The maximum absolute atomic E-state index is 13.5. The molecule has 0 unspecified atom stereocenters. The molecule has 0 atom stereocenters. The van der Waals surface area contributed by atoms with E-state index in [2.05, 4.69) is 10.6 Å². The van der Waals surface area contributed by atoms with Gasteiger partial charge in [-0.1, -0.05) is 12.1 Å². The van der Waals surface area contributed by atoms with Crippen molar-refractivity contribution in [1.29, 1.82) is 0 Å². The molecule has 2 aromatic rings. The molecule has 0 saturated carbocycles. The number of para-hydroxylation sites is 1. The zero-order valence-corrected chi connectivity index (χ0v) is 15.9. The lowest BCUT2D eigenvalue weighted by atomic mass is 10.3. The van der Waals surface area contributed by atoms with Gasteiger partial charge in [-0.15, -0.1) is 0 Å². The number of hydrogen-bond acceptors (Lipinski definition) is 4. The number of ether oxygens (including phenoxy) is 2. The number of amides is 3. The van der Waals surface area contributed by atoms with Gasteiger partial charge in [0.25, 0.3) is 5.91 Å². The van der Waals surface area contributed by atoms with Crippen LogP contribution < -0.4 is 20.1 Å². The lowest BCUT2D eigenvalue weighted by Crippen LogP contribution is -2.34. The van der Waals surface area contributed by atoms with Crippen molar-refractivity contribution in [3.05, 3.63) is 54.3 Å². The number of urea groups is 1. The Morgan fingerprint density at radius 3 is 2.46 bits per heavy atom. The van der Waals surface area contributed by atoms with Crippen LogP contribution in [0.4, 0.5) is 14.9 Å². The molecule has 2 aromatic carbocycles. The smallest absolute Gasteiger partial charge is 0.321 e. The van der Waals surface area contributed by atoms with Crippen LogP contribution in [-0.2, 0) is 4.79 Å². The summed E-state index contributed by atoms with van der Waals surface area (Å²) in [6.07, 6.45) is 0. The molecule has 8 heteroatoms. The van der Waals surface area contributed by atoms with E-state index in [1.807, 2.05) is 6.92 Å². The number of halogens is 1. The number of benzene rings is 2. The molecule has 7 nitrogen and oxygen atoms in total. The lowest BCUT2D eigenvalue weighted by Gasteiger charge is -2.18. The van der Waals surface area contributed by atoms with Crippen LogP contribution in [-0.4, -0.2) is 50.2 Å². The van der Waals surface area contributed by atoms with Gasteiger partial charge in [0.2, 0.25) is 0 Å². The highest BCUT2D eigenvalue weighted by Gasteiger charge is 2.10. The van der Waals surface area contributed by atoms with E-state index in [0.717, 1.165) is 0 Å². The molecule has 0 aromatic heterocycles. The van der Waals surface area contributed by atoms with E-state index in [4.69, 9.17) is 9.47 Å². The Morgan fingerprint density at radius 2 is 1.79 bits per heavy atom. The van der Waals surface area contributed by atoms with Gasteiger partial charge in [0, 0.05) is 19.3 Å². The van der Waals surface area contributed by atoms with Gasteiger partial charge in [-0.25, -0.2) is 9.18 Å². The minimum Gasteiger partial charge on any atom is -0.489 e. The summed E-state index contributed by atoms with van der Waals surface area (Å²) in [5.74, 6) is 0.0404. The summed E-state index contributed by atoms with van der Waals surface area (Å²) >= 11 is 0. The second kappa shape index (κ2) is 10.8. The average molecular weight is 389 g/mol. The lowest BCUT2D eigenvalue weighted by molar-refractivity contribution is -0.122. The Kier molecular flexibility index (Phi) is 8.08. The van der Waals surface area contributed by atoms with Gasteiger partial charge in [0.05, 0.1) is 6.54 Å². The zero-order valence-electron chi connectivity index (χ0n) is 15.9. The van der Waals surface area contributed by atoms with Crippen molar-refractivity contribution in [3.8, 4) is 11.5 Å².